The zero-order valence-electron chi connectivity index (χ0n) is 10.9. The van der Waals surface area contributed by atoms with E-state index in [0.29, 0.717) is 15.8 Å². The summed E-state index contributed by atoms with van der Waals surface area (Å²) in [5.41, 5.74) is 0.481. The molecule has 110 valence electrons. The number of rotatable bonds is 4. The standard InChI is InChI=1S/C14H11BrClNO4/c1-8(18)10-6-5-9(7-11(10)15)21-14-12(16)3-2-4-13(14)17(19)20/h2-8,18H,1H3/t8-/m1/s1. The van der Waals surface area contributed by atoms with Crippen molar-refractivity contribution in [1.29, 1.82) is 0 Å². The van der Waals surface area contributed by atoms with Crippen molar-refractivity contribution in [3.63, 3.8) is 0 Å². The van der Waals surface area contributed by atoms with E-state index in [0.717, 1.165) is 0 Å². The van der Waals surface area contributed by atoms with E-state index in [4.69, 9.17) is 16.3 Å². The first-order valence-corrected chi connectivity index (χ1v) is 7.15. The first-order chi connectivity index (χ1) is 9.90. The van der Waals surface area contributed by atoms with Gasteiger partial charge < -0.3 is 9.84 Å². The van der Waals surface area contributed by atoms with Gasteiger partial charge in [-0.3, -0.25) is 10.1 Å². The number of hydrogen-bond acceptors (Lipinski definition) is 4. The lowest BCUT2D eigenvalue weighted by molar-refractivity contribution is -0.385. The minimum absolute atomic E-state index is 0.0131. The van der Waals surface area contributed by atoms with E-state index in [9.17, 15) is 15.2 Å². The largest absolute Gasteiger partial charge is 0.448 e. The highest BCUT2D eigenvalue weighted by molar-refractivity contribution is 9.10. The van der Waals surface area contributed by atoms with Crippen LogP contribution in [0.5, 0.6) is 11.5 Å². The molecule has 0 aliphatic carbocycles. The number of aliphatic hydroxyl groups excluding tert-OH is 1. The van der Waals surface area contributed by atoms with Crippen LogP contribution >= 0.6 is 27.5 Å². The van der Waals surface area contributed by atoms with Crippen molar-refractivity contribution in [2.24, 2.45) is 0 Å². The van der Waals surface area contributed by atoms with Crippen molar-refractivity contribution in [1.82, 2.24) is 0 Å². The summed E-state index contributed by atoms with van der Waals surface area (Å²) >= 11 is 9.28. The summed E-state index contributed by atoms with van der Waals surface area (Å²) in [4.78, 5) is 10.4. The second kappa shape index (κ2) is 6.43. The van der Waals surface area contributed by atoms with Crippen LogP contribution in [0, 0.1) is 10.1 Å². The minimum Gasteiger partial charge on any atom is -0.448 e. The van der Waals surface area contributed by atoms with E-state index in [2.05, 4.69) is 15.9 Å². The molecular formula is C14H11BrClNO4. The van der Waals surface area contributed by atoms with Gasteiger partial charge in [-0.1, -0.05) is 39.7 Å². The number of halogens is 2. The molecule has 2 aromatic carbocycles. The molecule has 7 heteroatoms. The molecule has 0 saturated heterocycles. The molecular weight excluding hydrogens is 362 g/mol. The van der Waals surface area contributed by atoms with Crippen molar-refractivity contribution in [3.8, 4) is 11.5 Å². The quantitative estimate of drug-likeness (QED) is 0.614. The van der Waals surface area contributed by atoms with E-state index in [1.165, 1.54) is 18.2 Å². The Morgan fingerprint density at radius 2 is 2.10 bits per heavy atom. The first-order valence-electron chi connectivity index (χ1n) is 5.98. The van der Waals surface area contributed by atoms with Crippen molar-refractivity contribution in [3.05, 3.63) is 61.6 Å². The average Bonchev–Trinajstić information content (AvgIpc) is 2.40. The fourth-order valence-corrected chi connectivity index (χ4v) is 2.67. The molecule has 0 aliphatic rings. The van der Waals surface area contributed by atoms with Gasteiger partial charge in [0.2, 0.25) is 5.75 Å². The number of hydrogen-bond donors (Lipinski definition) is 1. The molecule has 2 aromatic rings. The van der Waals surface area contributed by atoms with Crippen LogP contribution in [0.25, 0.3) is 0 Å². The van der Waals surface area contributed by atoms with Crippen molar-refractivity contribution in [2.45, 2.75) is 13.0 Å². The Kier molecular flexibility index (Phi) is 4.82. The number of benzene rings is 2. The molecule has 0 aromatic heterocycles. The second-order valence-electron chi connectivity index (χ2n) is 4.31. The molecule has 1 atom stereocenters. The normalized spacial score (nSPS) is 12.0. The number of para-hydroxylation sites is 1. The Bertz CT molecular complexity index is 691. The van der Waals surface area contributed by atoms with Gasteiger partial charge in [-0.15, -0.1) is 0 Å². The van der Waals surface area contributed by atoms with Gasteiger partial charge in [0.05, 0.1) is 16.0 Å². The third-order valence-electron chi connectivity index (χ3n) is 2.78. The Morgan fingerprint density at radius 3 is 2.67 bits per heavy atom. The highest BCUT2D eigenvalue weighted by Gasteiger charge is 2.19. The summed E-state index contributed by atoms with van der Waals surface area (Å²) < 4.78 is 6.18. The number of aliphatic hydroxyl groups is 1. The number of nitro benzene ring substituents is 1. The molecule has 21 heavy (non-hydrogen) atoms. The molecule has 0 spiro atoms. The SMILES string of the molecule is C[C@@H](O)c1ccc(Oc2c(Cl)cccc2[N+](=O)[O-])cc1Br. The van der Waals surface area contributed by atoms with E-state index in [1.54, 1.807) is 25.1 Å². The molecule has 0 fully saturated rings. The van der Waals surface area contributed by atoms with E-state index in [-0.39, 0.29) is 16.5 Å². The topological polar surface area (TPSA) is 72.6 Å². The fourth-order valence-electron chi connectivity index (χ4n) is 1.77. The maximum absolute atomic E-state index is 11.0. The molecule has 0 bridgehead atoms. The second-order valence-corrected chi connectivity index (χ2v) is 5.57. The Hall–Kier alpha value is -1.63. The summed E-state index contributed by atoms with van der Waals surface area (Å²) in [6.07, 6.45) is -0.636. The first kappa shape index (κ1) is 15.8. The van der Waals surface area contributed by atoms with Crippen molar-refractivity contribution >= 4 is 33.2 Å². The molecule has 2 rings (SSSR count). The molecule has 1 N–H and O–H groups in total. The van der Waals surface area contributed by atoms with Gasteiger partial charge in [0, 0.05) is 10.5 Å². The Balaban J connectivity index is 2.39. The zero-order chi connectivity index (χ0) is 15.6. The van der Waals surface area contributed by atoms with Crippen molar-refractivity contribution in [2.75, 3.05) is 0 Å². The van der Waals surface area contributed by atoms with Crippen LogP contribution in [-0.4, -0.2) is 10.0 Å². The van der Waals surface area contributed by atoms with Crippen molar-refractivity contribution < 1.29 is 14.8 Å². The molecule has 0 amide bonds. The highest BCUT2D eigenvalue weighted by Crippen LogP contribution is 2.39. The highest BCUT2D eigenvalue weighted by atomic mass is 79.9. The maximum Gasteiger partial charge on any atom is 0.313 e. The smallest absolute Gasteiger partial charge is 0.313 e. The monoisotopic (exact) mass is 371 g/mol. The lowest BCUT2D eigenvalue weighted by Crippen LogP contribution is -1.96. The maximum atomic E-state index is 11.0. The van der Waals surface area contributed by atoms with E-state index >= 15 is 0 Å². The van der Waals surface area contributed by atoms with Gasteiger partial charge in [-0.2, -0.15) is 0 Å². The molecule has 0 unspecified atom stereocenters. The lowest BCUT2D eigenvalue weighted by atomic mass is 10.1. The third kappa shape index (κ3) is 3.53. The Morgan fingerprint density at radius 1 is 1.38 bits per heavy atom. The number of ether oxygens (including phenoxy) is 1. The fraction of sp³-hybridized carbons (Fsp3) is 0.143. The summed E-state index contributed by atoms with van der Waals surface area (Å²) in [5, 5.41) is 20.7. The molecule has 0 heterocycles. The average molecular weight is 373 g/mol. The Labute approximate surface area is 134 Å². The predicted octanol–water partition coefficient (Wildman–Crippen LogP) is 4.86. The molecule has 5 nitrogen and oxygen atoms in total. The van der Waals surface area contributed by atoms with Crippen LogP contribution in [0.2, 0.25) is 5.02 Å². The summed E-state index contributed by atoms with van der Waals surface area (Å²) in [7, 11) is 0. The van der Waals surface area contributed by atoms with Crippen LogP contribution in [0.3, 0.4) is 0 Å². The predicted molar refractivity (Wildman–Crippen MR) is 83.0 cm³/mol. The van der Waals surface area contributed by atoms with Crippen LogP contribution < -0.4 is 4.74 Å². The van der Waals surface area contributed by atoms with Gasteiger partial charge in [-0.25, -0.2) is 0 Å². The van der Waals surface area contributed by atoms with Gasteiger partial charge in [0.15, 0.2) is 0 Å². The number of nitrogens with zero attached hydrogens (tertiary/aromatic N) is 1. The van der Waals surface area contributed by atoms with Crippen LogP contribution in [0.4, 0.5) is 5.69 Å². The molecule has 0 radical (unpaired) electrons. The van der Waals surface area contributed by atoms with Gasteiger partial charge >= 0.3 is 5.69 Å². The van der Waals surface area contributed by atoms with Gasteiger partial charge in [-0.05, 0) is 30.7 Å². The lowest BCUT2D eigenvalue weighted by Gasteiger charge is -2.11. The van der Waals surface area contributed by atoms with Gasteiger partial charge in [0.25, 0.3) is 0 Å². The summed E-state index contributed by atoms with van der Waals surface area (Å²) in [6.45, 7) is 1.64. The zero-order valence-corrected chi connectivity index (χ0v) is 13.3. The minimum atomic E-state index is -0.636. The number of nitro groups is 1. The molecule has 0 aliphatic heterocycles. The van der Waals surface area contributed by atoms with Crippen LogP contribution in [-0.2, 0) is 0 Å². The van der Waals surface area contributed by atoms with E-state index in [1.807, 2.05) is 0 Å². The third-order valence-corrected chi connectivity index (χ3v) is 3.77. The summed E-state index contributed by atoms with van der Waals surface area (Å²) in [5.74, 6) is 0.364. The molecule has 0 saturated carbocycles. The van der Waals surface area contributed by atoms with Gasteiger partial charge in [0.1, 0.15) is 5.75 Å². The van der Waals surface area contributed by atoms with E-state index < -0.39 is 11.0 Å². The van der Waals surface area contributed by atoms with Crippen LogP contribution in [0.15, 0.2) is 40.9 Å². The summed E-state index contributed by atoms with van der Waals surface area (Å²) in [6, 6.07) is 9.23. The van der Waals surface area contributed by atoms with Crippen LogP contribution in [0.1, 0.15) is 18.6 Å².